The van der Waals surface area contributed by atoms with Crippen LogP contribution in [0.5, 0.6) is 0 Å². The van der Waals surface area contributed by atoms with Gasteiger partial charge in [-0.25, -0.2) is 4.79 Å². The van der Waals surface area contributed by atoms with Crippen LogP contribution in [-0.4, -0.2) is 24.1 Å². The van der Waals surface area contributed by atoms with E-state index in [1.165, 1.54) is 0 Å². The number of hydrogen-bond acceptors (Lipinski definition) is 3. The minimum Gasteiger partial charge on any atom is -0.462 e. The molecule has 3 N–H and O–H groups in total. The van der Waals surface area contributed by atoms with Crippen molar-refractivity contribution in [3.63, 3.8) is 0 Å². The van der Waals surface area contributed by atoms with E-state index in [4.69, 9.17) is 10.5 Å². The molecule has 4 heteroatoms. The Morgan fingerprint density at radius 2 is 2.29 bits per heavy atom. The zero-order chi connectivity index (χ0) is 12.3. The number of ether oxygens (including phenoxy) is 1. The van der Waals surface area contributed by atoms with Crippen molar-refractivity contribution in [2.45, 2.75) is 13.3 Å². The van der Waals surface area contributed by atoms with E-state index in [-0.39, 0.29) is 5.97 Å². The van der Waals surface area contributed by atoms with E-state index in [9.17, 15) is 4.79 Å². The second-order valence-corrected chi connectivity index (χ2v) is 3.83. The molecule has 17 heavy (non-hydrogen) atoms. The van der Waals surface area contributed by atoms with Crippen molar-refractivity contribution in [2.24, 2.45) is 5.73 Å². The molecule has 1 aromatic carbocycles. The molecule has 0 amide bonds. The highest BCUT2D eigenvalue weighted by molar-refractivity contribution is 5.95. The first kappa shape index (κ1) is 11.7. The van der Waals surface area contributed by atoms with Crippen molar-refractivity contribution < 1.29 is 9.53 Å². The molecule has 0 aliphatic heterocycles. The van der Waals surface area contributed by atoms with Crippen molar-refractivity contribution >= 4 is 16.9 Å². The lowest BCUT2D eigenvalue weighted by atomic mass is 10.1. The molecule has 1 aromatic heterocycles. The van der Waals surface area contributed by atoms with Gasteiger partial charge in [-0.3, -0.25) is 0 Å². The van der Waals surface area contributed by atoms with Crippen molar-refractivity contribution in [3.05, 3.63) is 35.5 Å². The number of benzene rings is 1. The van der Waals surface area contributed by atoms with Gasteiger partial charge in [-0.05, 0) is 43.7 Å². The van der Waals surface area contributed by atoms with Crippen molar-refractivity contribution in [1.29, 1.82) is 0 Å². The Morgan fingerprint density at radius 1 is 1.47 bits per heavy atom. The summed E-state index contributed by atoms with van der Waals surface area (Å²) in [6.45, 7) is 2.78. The topological polar surface area (TPSA) is 68.1 Å². The summed E-state index contributed by atoms with van der Waals surface area (Å²) in [5.41, 5.74) is 8.28. The third kappa shape index (κ3) is 2.31. The first-order chi connectivity index (χ1) is 8.26. The number of aromatic nitrogens is 1. The van der Waals surface area contributed by atoms with Crippen LogP contribution in [0.25, 0.3) is 10.9 Å². The Bertz CT molecular complexity index is 531. The summed E-state index contributed by atoms with van der Waals surface area (Å²) in [7, 11) is 0. The number of hydrogen-bond donors (Lipinski definition) is 2. The normalized spacial score (nSPS) is 10.7. The van der Waals surface area contributed by atoms with Gasteiger partial charge in [0.25, 0.3) is 0 Å². The van der Waals surface area contributed by atoms with E-state index in [1.807, 2.05) is 18.3 Å². The van der Waals surface area contributed by atoms with E-state index in [0.717, 1.165) is 22.9 Å². The summed E-state index contributed by atoms with van der Waals surface area (Å²) in [6.07, 6.45) is 2.73. The number of carbonyl (C=O) groups excluding carboxylic acids is 1. The molecule has 0 atom stereocenters. The second kappa shape index (κ2) is 5.01. The van der Waals surface area contributed by atoms with Crippen LogP contribution in [0.4, 0.5) is 0 Å². The van der Waals surface area contributed by atoms with Gasteiger partial charge in [0.2, 0.25) is 0 Å². The summed E-state index contributed by atoms with van der Waals surface area (Å²) in [5, 5.41) is 1.04. The second-order valence-electron chi connectivity index (χ2n) is 3.83. The smallest absolute Gasteiger partial charge is 0.338 e. The fraction of sp³-hybridized carbons (Fsp3) is 0.308. The predicted octanol–water partition coefficient (Wildman–Crippen LogP) is 1.85. The highest BCUT2D eigenvalue weighted by atomic mass is 16.5. The maximum Gasteiger partial charge on any atom is 0.338 e. The summed E-state index contributed by atoms with van der Waals surface area (Å²) >= 11 is 0. The number of fused-ring (bicyclic) bond motifs is 1. The van der Waals surface area contributed by atoms with Gasteiger partial charge in [0.15, 0.2) is 0 Å². The third-order valence-electron chi connectivity index (χ3n) is 2.69. The minimum absolute atomic E-state index is 0.283. The van der Waals surface area contributed by atoms with E-state index in [0.29, 0.717) is 18.7 Å². The van der Waals surface area contributed by atoms with Crippen LogP contribution in [0.15, 0.2) is 24.4 Å². The Hall–Kier alpha value is -1.81. The van der Waals surface area contributed by atoms with Gasteiger partial charge in [0.05, 0.1) is 12.2 Å². The van der Waals surface area contributed by atoms with Gasteiger partial charge in [0.1, 0.15) is 0 Å². The molecular formula is C13H16N2O2. The molecule has 0 aliphatic carbocycles. The number of rotatable bonds is 4. The predicted molar refractivity (Wildman–Crippen MR) is 67.0 cm³/mol. The fourth-order valence-electron chi connectivity index (χ4n) is 1.88. The van der Waals surface area contributed by atoms with E-state index in [1.54, 1.807) is 13.0 Å². The molecular weight excluding hydrogens is 216 g/mol. The molecule has 4 nitrogen and oxygen atoms in total. The largest absolute Gasteiger partial charge is 0.462 e. The van der Waals surface area contributed by atoms with Crippen LogP contribution in [0.2, 0.25) is 0 Å². The Morgan fingerprint density at radius 3 is 3.00 bits per heavy atom. The average molecular weight is 232 g/mol. The monoisotopic (exact) mass is 232 g/mol. The Labute approximate surface area is 99.8 Å². The summed E-state index contributed by atoms with van der Waals surface area (Å²) in [5.74, 6) is -0.283. The van der Waals surface area contributed by atoms with Gasteiger partial charge in [-0.15, -0.1) is 0 Å². The highest BCUT2D eigenvalue weighted by Crippen LogP contribution is 2.20. The van der Waals surface area contributed by atoms with Gasteiger partial charge in [0, 0.05) is 17.1 Å². The number of carbonyl (C=O) groups is 1. The SMILES string of the molecule is CCOC(=O)c1ccc2[nH]cc(CCN)c2c1. The molecule has 0 spiro atoms. The van der Waals surface area contributed by atoms with Gasteiger partial charge < -0.3 is 15.5 Å². The van der Waals surface area contributed by atoms with Gasteiger partial charge in [-0.2, -0.15) is 0 Å². The van der Waals surface area contributed by atoms with Crippen LogP contribution >= 0.6 is 0 Å². The van der Waals surface area contributed by atoms with Crippen molar-refractivity contribution in [1.82, 2.24) is 4.98 Å². The van der Waals surface area contributed by atoms with Gasteiger partial charge >= 0.3 is 5.97 Å². The maximum absolute atomic E-state index is 11.6. The van der Waals surface area contributed by atoms with Crippen LogP contribution in [0.3, 0.4) is 0 Å². The van der Waals surface area contributed by atoms with E-state index < -0.39 is 0 Å². The lowest BCUT2D eigenvalue weighted by Gasteiger charge is -2.02. The van der Waals surface area contributed by atoms with Crippen LogP contribution < -0.4 is 5.73 Å². The van der Waals surface area contributed by atoms with Crippen molar-refractivity contribution in [2.75, 3.05) is 13.2 Å². The first-order valence-electron chi connectivity index (χ1n) is 5.73. The highest BCUT2D eigenvalue weighted by Gasteiger charge is 2.09. The number of aromatic amines is 1. The quantitative estimate of drug-likeness (QED) is 0.790. The molecule has 0 fully saturated rings. The molecule has 90 valence electrons. The first-order valence-corrected chi connectivity index (χ1v) is 5.73. The summed E-state index contributed by atoms with van der Waals surface area (Å²) in [6, 6.07) is 5.51. The Kier molecular flexibility index (Phi) is 3.44. The average Bonchev–Trinajstić information content (AvgIpc) is 2.73. The molecule has 0 saturated carbocycles. The lowest BCUT2D eigenvalue weighted by Crippen LogP contribution is -2.05. The zero-order valence-electron chi connectivity index (χ0n) is 9.82. The van der Waals surface area contributed by atoms with Crippen molar-refractivity contribution in [3.8, 4) is 0 Å². The Balaban J connectivity index is 2.40. The number of H-pyrrole nitrogens is 1. The molecule has 2 aromatic rings. The van der Waals surface area contributed by atoms with Crippen LogP contribution in [-0.2, 0) is 11.2 Å². The zero-order valence-corrected chi connectivity index (χ0v) is 9.82. The fourth-order valence-corrected chi connectivity index (χ4v) is 1.88. The molecule has 2 rings (SSSR count). The number of esters is 1. The van der Waals surface area contributed by atoms with E-state index in [2.05, 4.69) is 4.98 Å². The van der Waals surface area contributed by atoms with Gasteiger partial charge in [-0.1, -0.05) is 0 Å². The molecule has 0 bridgehead atoms. The lowest BCUT2D eigenvalue weighted by molar-refractivity contribution is 0.0526. The summed E-state index contributed by atoms with van der Waals surface area (Å²) in [4.78, 5) is 14.8. The number of nitrogens with one attached hydrogen (secondary N) is 1. The minimum atomic E-state index is -0.283. The molecule has 0 radical (unpaired) electrons. The van der Waals surface area contributed by atoms with E-state index >= 15 is 0 Å². The molecule has 0 saturated heterocycles. The summed E-state index contributed by atoms with van der Waals surface area (Å²) < 4.78 is 4.98. The molecule has 1 heterocycles. The molecule has 0 unspecified atom stereocenters. The standard InChI is InChI=1S/C13H16N2O2/c1-2-17-13(16)9-3-4-12-11(7-9)10(5-6-14)8-15-12/h3-4,7-8,15H,2,5-6,14H2,1H3. The van der Waals surface area contributed by atoms with Crippen LogP contribution in [0.1, 0.15) is 22.8 Å². The van der Waals surface area contributed by atoms with Crippen LogP contribution in [0, 0.1) is 0 Å². The third-order valence-corrected chi connectivity index (χ3v) is 2.69. The number of nitrogens with two attached hydrogens (primary N) is 1. The molecule has 0 aliphatic rings. The maximum atomic E-state index is 11.6.